The number of esters is 1. The summed E-state index contributed by atoms with van der Waals surface area (Å²) in [4.78, 5) is 74.2. The number of hydrogen-bond donors (Lipinski definition) is 5. The van der Waals surface area contributed by atoms with Crippen molar-refractivity contribution in [1.29, 1.82) is 0 Å². The van der Waals surface area contributed by atoms with Crippen LogP contribution in [0.3, 0.4) is 0 Å². The average Bonchev–Trinajstić information content (AvgIpc) is 2.88. The molecule has 0 aromatic carbocycles. The number of pyridine rings is 2. The van der Waals surface area contributed by atoms with Gasteiger partial charge < -0.3 is 30.0 Å². The van der Waals surface area contributed by atoms with Crippen molar-refractivity contribution in [2.24, 2.45) is 0 Å². The number of carbonyl (C=O) groups is 3. The molecule has 0 unspecified atom stereocenters. The molecule has 0 amide bonds. The van der Waals surface area contributed by atoms with E-state index in [4.69, 9.17) is 0 Å². The van der Waals surface area contributed by atoms with Gasteiger partial charge in [0.05, 0.1) is 6.61 Å². The molecule has 18 heteroatoms. The van der Waals surface area contributed by atoms with E-state index in [0.717, 1.165) is 6.20 Å². The predicted molar refractivity (Wildman–Crippen MR) is 144 cm³/mol. The first-order valence-corrected chi connectivity index (χ1v) is 11.4. The molecule has 0 aliphatic rings. The smallest absolute Gasteiger partial charge is 0.454 e. The Balaban J connectivity index is 0.000000367. The van der Waals surface area contributed by atoms with E-state index in [1.807, 2.05) is 0 Å². The standard InChI is InChI=1S/C11H6F3N3O4.C9H7N3O3.C4H8O2.CH4/c12-11(13,14)5(19)3-4(18)6-8(20)7-9(17-10(6)21)16-2-1-15-7;1-4(13)5-7(14)6-8(12-9(5)15)11-3-2-10-6;1-3-6-4(2)5;/h1-3,18H,(H2,16,17,20,21);2-3H,1H3,(H2,11,12,14,15);3H2,1-2H3;1H4/b4-3-;;;. The molecule has 0 aliphatic heterocycles. The third-order valence-electron chi connectivity index (χ3n) is 4.74. The van der Waals surface area contributed by atoms with Crippen molar-refractivity contribution in [3.63, 3.8) is 0 Å². The quantitative estimate of drug-likeness (QED) is 0.0967. The molecule has 230 valence electrons. The summed E-state index contributed by atoms with van der Waals surface area (Å²) in [6.07, 6.45) is -0.305. The average molecular weight is 611 g/mol. The van der Waals surface area contributed by atoms with Crippen molar-refractivity contribution in [2.75, 3.05) is 6.61 Å². The topological polar surface area (TPSA) is 238 Å². The Morgan fingerprint density at radius 3 is 1.65 bits per heavy atom. The molecule has 0 bridgehead atoms. The molecule has 0 saturated heterocycles. The Morgan fingerprint density at radius 1 is 0.860 bits per heavy atom. The molecule has 15 nitrogen and oxygen atoms in total. The summed E-state index contributed by atoms with van der Waals surface area (Å²) in [5.74, 6) is -5.74. The highest BCUT2D eigenvalue weighted by molar-refractivity contribution is 6.01. The number of carbonyl (C=O) groups excluding carboxylic acids is 3. The summed E-state index contributed by atoms with van der Waals surface area (Å²) in [6.45, 7) is 4.85. The summed E-state index contributed by atoms with van der Waals surface area (Å²) in [5.41, 5.74) is -3.07. The Bertz CT molecular complexity index is 1800. The highest BCUT2D eigenvalue weighted by Gasteiger charge is 2.37. The zero-order valence-electron chi connectivity index (χ0n) is 21.8. The Kier molecular flexibility index (Phi) is 12.2. The van der Waals surface area contributed by atoms with Crippen LogP contribution in [-0.4, -0.2) is 75.5 Å². The summed E-state index contributed by atoms with van der Waals surface area (Å²) < 4.78 is 40.7. The van der Waals surface area contributed by atoms with Crippen molar-refractivity contribution in [2.45, 2.75) is 34.4 Å². The number of aliphatic hydroxyl groups is 1. The highest BCUT2D eigenvalue weighted by Crippen LogP contribution is 2.27. The maximum absolute atomic E-state index is 12.1. The van der Waals surface area contributed by atoms with E-state index >= 15 is 0 Å². The Hall–Kier alpha value is -5.68. The molecule has 4 heterocycles. The Labute approximate surface area is 238 Å². The number of ketones is 2. The number of halogens is 3. The van der Waals surface area contributed by atoms with E-state index in [9.17, 15) is 52.5 Å². The number of hydrogen-bond acceptors (Lipinski definition) is 13. The van der Waals surface area contributed by atoms with Crippen LogP contribution in [0.1, 0.15) is 44.1 Å². The van der Waals surface area contributed by atoms with E-state index in [2.05, 4.69) is 34.6 Å². The van der Waals surface area contributed by atoms with Crippen molar-refractivity contribution < 1.29 is 47.6 Å². The van der Waals surface area contributed by atoms with Gasteiger partial charge >= 0.3 is 12.1 Å². The van der Waals surface area contributed by atoms with Gasteiger partial charge in [0.25, 0.3) is 16.9 Å². The lowest BCUT2D eigenvalue weighted by Gasteiger charge is -2.06. The third-order valence-corrected chi connectivity index (χ3v) is 4.74. The first-order valence-electron chi connectivity index (χ1n) is 11.4. The van der Waals surface area contributed by atoms with E-state index in [1.165, 1.54) is 32.4 Å². The van der Waals surface area contributed by atoms with Crippen LogP contribution in [0.25, 0.3) is 28.1 Å². The van der Waals surface area contributed by atoms with Gasteiger partial charge in [-0.1, -0.05) is 7.43 Å². The SMILES string of the molecule is C.CC(=O)c1c(O)c2nccnc2[nH]c1=O.CCOC(C)=O.O=C(/C=C(\O)c1c(O)c2nccnc2[nH]c1=O)C(F)(F)F. The maximum Gasteiger partial charge on any atom is 0.454 e. The number of nitrogens with zero attached hydrogens (tertiary/aromatic N) is 4. The predicted octanol–water partition coefficient (Wildman–Crippen LogP) is 2.49. The van der Waals surface area contributed by atoms with E-state index < -0.39 is 51.7 Å². The molecule has 4 rings (SSSR count). The number of aliphatic hydroxyl groups excluding tert-OH is 1. The minimum atomic E-state index is -5.22. The zero-order chi connectivity index (χ0) is 31.8. The third kappa shape index (κ3) is 8.90. The minimum Gasteiger partial charge on any atom is -0.507 e. The number of Topliss-reactive ketones (excluding diaryl/α,β-unsaturated/α-hetero) is 1. The Morgan fingerprint density at radius 2 is 1.28 bits per heavy atom. The number of allylic oxidation sites excluding steroid dienone is 1. The molecule has 0 spiro atoms. The lowest BCUT2D eigenvalue weighted by Crippen LogP contribution is -2.21. The first-order chi connectivity index (χ1) is 19.6. The van der Waals surface area contributed by atoms with E-state index in [-0.39, 0.29) is 47.4 Å². The summed E-state index contributed by atoms with van der Waals surface area (Å²) in [5, 5.41) is 28.9. The fraction of sp³-hybridized carbons (Fsp3) is 0.240. The molecule has 4 aromatic rings. The van der Waals surface area contributed by atoms with E-state index in [0.29, 0.717) is 6.61 Å². The van der Waals surface area contributed by atoms with Crippen LogP contribution in [0, 0.1) is 0 Å². The van der Waals surface area contributed by atoms with Crippen LogP contribution in [0.15, 0.2) is 40.5 Å². The van der Waals surface area contributed by atoms with Crippen LogP contribution < -0.4 is 11.1 Å². The van der Waals surface area contributed by atoms with Crippen LogP contribution in [0.4, 0.5) is 13.2 Å². The van der Waals surface area contributed by atoms with Crippen LogP contribution in [0.5, 0.6) is 11.5 Å². The lowest BCUT2D eigenvalue weighted by molar-refractivity contribution is -0.165. The second-order valence-corrected chi connectivity index (χ2v) is 7.73. The number of ether oxygens (including phenoxy) is 1. The fourth-order valence-corrected chi connectivity index (χ4v) is 3.04. The highest BCUT2D eigenvalue weighted by atomic mass is 19.4. The fourth-order valence-electron chi connectivity index (χ4n) is 3.04. The summed E-state index contributed by atoms with van der Waals surface area (Å²) in [6, 6.07) is 0. The largest absolute Gasteiger partial charge is 0.507 e. The van der Waals surface area contributed by atoms with Crippen LogP contribution >= 0.6 is 0 Å². The molecule has 4 aromatic heterocycles. The van der Waals surface area contributed by atoms with Crippen LogP contribution in [0.2, 0.25) is 0 Å². The zero-order valence-corrected chi connectivity index (χ0v) is 21.8. The van der Waals surface area contributed by atoms with Gasteiger partial charge in [0.1, 0.15) is 27.9 Å². The maximum atomic E-state index is 12.1. The van der Waals surface area contributed by atoms with E-state index in [1.54, 1.807) is 6.92 Å². The van der Waals surface area contributed by atoms with Crippen molar-refractivity contribution in [1.82, 2.24) is 29.9 Å². The number of aromatic amines is 2. The number of fused-ring (bicyclic) bond motifs is 2. The lowest BCUT2D eigenvalue weighted by atomic mass is 10.1. The van der Waals surface area contributed by atoms with Gasteiger partial charge in [-0.3, -0.25) is 24.0 Å². The number of alkyl halides is 3. The molecular weight excluding hydrogens is 585 g/mol. The van der Waals surface area contributed by atoms with Gasteiger partial charge in [-0.2, -0.15) is 13.2 Å². The van der Waals surface area contributed by atoms with Crippen molar-refractivity contribution >= 4 is 45.6 Å². The number of aromatic hydroxyl groups is 2. The van der Waals surface area contributed by atoms with Crippen molar-refractivity contribution in [3.05, 3.63) is 62.7 Å². The van der Waals surface area contributed by atoms with Gasteiger partial charge in [-0.15, -0.1) is 0 Å². The van der Waals surface area contributed by atoms with Crippen LogP contribution in [-0.2, 0) is 14.3 Å². The molecule has 0 fully saturated rings. The van der Waals surface area contributed by atoms with Gasteiger partial charge in [-0.25, -0.2) is 19.9 Å². The summed E-state index contributed by atoms with van der Waals surface area (Å²) >= 11 is 0. The second kappa shape index (κ2) is 14.8. The summed E-state index contributed by atoms with van der Waals surface area (Å²) in [7, 11) is 0. The van der Waals surface area contributed by atoms with Gasteiger partial charge in [0.15, 0.2) is 28.6 Å². The molecule has 0 aliphatic carbocycles. The number of nitrogens with one attached hydrogen (secondary N) is 2. The molecule has 5 N–H and O–H groups in total. The normalized spacial score (nSPS) is 10.9. The molecular formula is C25H25F3N6O9. The number of aromatic nitrogens is 6. The molecule has 43 heavy (non-hydrogen) atoms. The molecule has 0 radical (unpaired) electrons. The minimum absolute atomic E-state index is 0. The first kappa shape index (κ1) is 35.3. The monoisotopic (exact) mass is 610 g/mol. The van der Waals surface area contributed by atoms with Crippen molar-refractivity contribution in [3.8, 4) is 11.5 Å². The molecule has 0 atom stereocenters. The number of rotatable bonds is 4. The molecule has 0 saturated carbocycles. The van der Waals surface area contributed by atoms with Gasteiger partial charge in [0, 0.05) is 37.8 Å². The second-order valence-electron chi connectivity index (χ2n) is 7.73. The van der Waals surface area contributed by atoms with Gasteiger partial charge in [0.2, 0.25) is 0 Å². The van der Waals surface area contributed by atoms with Gasteiger partial charge in [-0.05, 0) is 13.8 Å². The number of H-pyrrole nitrogens is 2.